The molecule has 1 aromatic heterocycles. The predicted octanol–water partition coefficient (Wildman–Crippen LogP) is 5.41. The van der Waals surface area contributed by atoms with E-state index in [9.17, 15) is 15.0 Å². The van der Waals surface area contributed by atoms with E-state index in [2.05, 4.69) is 10.4 Å². The smallest absolute Gasteiger partial charge is 0.266 e. The predicted molar refractivity (Wildman–Crippen MR) is 152 cm³/mol. The van der Waals surface area contributed by atoms with Gasteiger partial charge >= 0.3 is 0 Å². The van der Waals surface area contributed by atoms with Crippen molar-refractivity contribution in [3.05, 3.63) is 89.2 Å². The topological polar surface area (TPSA) is 115 Å². The fraction of sp³-hybridized carbons (Fsp3) is 0.133. The second-order valence-corrected chi connectivity index (χ2v) is 8.38. The second kappa shape index (κ2) is 12.4. The maximum Gasteiger partial charge on any atom is 0.266 e. The lowest BCUT2D eigenvalue weighted by Crippen LogP contribution is -2.23. The van der Waals surface area contributed by atoms with Crippen molar-refractivity contribution in [2.45, 2.75) is 0 Å². The van der Waals surface area contributed by atoms with Crippen LogP contribution in [0.3, 0.4) is 0 Å². The summed E-state index contributed by atoms with van der Waals surface area (Å²) >= 11 is 0. The van der Waals surface area contributed by atoms with E-state index in [1.54, 1.807) is 61.7 Å². The molecule has 1 heterocycles. The molecule has 9 heteroatoms. The van der Waals surface area contributed by atoms with Crippen LogP contribution in [0.1, 0.15) is 27.3 Å². The Bertz CT molecular complexity index is 1520. The average Bonchev–Trinajstić information content (AvgIpc) is 3.38. The second-order valence-electron chi connectivity index (χ2n) is 8.38. The lowest BCUT2D eigenvalue weighted by molar-refractivity contribution is 0.0912. The Morgan fingerprint density at radius 3 is 2.00 bits per heavy atom. The Kier molecular flexibility index (Phi) is 8.53. The molecule has 3 aromatic carbocycles. The van der Waals surface area contributed by atoms with E-state index in [0.717, 1.165) is 11.1 Å². The number of aromatic hydroxyl groups is 2. The van der Waals surface area contributed by atoms with Gasteiger partial charge in [0, 0.05) is 0 Å². The number of hydrogen-bond donors (Lipinski definition) is 3. The summed E-state index contributed by atoms with van der Waals surface area (Å²) in [6.07, 6.45) is 7.14. The molecule has 3 N–H and O–H groups in total. The summed E-state index contributed by atoms with van der Waals surface area (Å²) in [6, 6.07) is 19.1. The number of methoxy groups -OCH3 is 3. The molecule has 39 heavy (non-hydrogen) atoms. The highest BCUT2D eigenvalue weighted by molar-refractivity contribution is 5.87. The summed E-state index contributed by atoms with van der Waals surface area (Å²) < 4.78 is 17.0. The van der Waals surface area contributed by atoms with E-state index < -0.39 is 0 Å². The van der Waals surface area contributed by atoms with Gasteiger partial charge in [-0.2, -0.15) is 9.78 Å². The zero-order valence-electron chi connectivity index (χ0n) is 21.8. The summed E-state index contributed by atoms with van der Waals surface area (Å²) in [6.45, 7) is -0.0196. The molecular weight excluding hydrogens is 498 g/mol. The SMILES string of the molecule is COc1cc(/C=C\c2cc(/C=C\c3ccc(O)c(OC)c3)n(C(=O)CNc3ccccc3OC)n2)ccc1O. The van der Waals surface area contributed by atoms with Crippen LogP contribution in [0.4, 0.5) is 5.69 Å². The molecule has 200 valence electrons. The quantitative estimate of drug-likeness (QED) is 0.251. The van der Waals surface area contributed by atoms with Crippen LogP contribution in [0.25, 0.3) is 24.3 Å². The molecule has 0 saturated carbocycles. The first-order chi connectivity index (χ1) is 18.9. The van der Waals surface area contributed by atoms with Crippen LogP contribution in [-0.4, -0.2) is 53.8 Å². The van der Waals surface area contributed by atoms with Crippen molar-refractivity contribution in [1.82, 2.24) is 9.78 Å². The molecule has 0 fully saturated rings. The standard InChI is InChI=1S/C30H29N3O6/c1-37-27-7-5-4-6-24(27)31-19-30(36)33-23(13-9-21-11-15-26(35)29(17-21)39-3)18-22(32-33)12-8-20-10-14-25(34)28(16-20)38-2/h4-18,31,34-35H,19H2,1-3H3/b12-8-,13-9-. The fourth-order valence-electron chi connectivity index (χ4n) is 3.81. The number of nitrogens with zero attached hydrogens (tertiary/aromatic N) is 2. The van der Waals surface area contributed by atoms with Gasteiger partial charge in [0.25, 0.3) is 5.91 Å². The Balaban J connectivity index is 1.63. The zero-order chi connectivity index (χ0) is 27.8. The van der Waals surface area contributed by atoms with Gasteiger partial charge in [-0.05, 0) is 65.7 Å². The van der Waals surface area contributed by atoms with E-state index in [1.807, 2.05) is 30.3 Å². The lowest BCUT2D eigenvalue weighted by Gasteiger charge is -2.10. The highest BCUT2D eigenvalue weighted by atomic mass is 16.5. The van der Waals surface area contributed by atoms with Crippen molar-refractivity contribution in [2.24, 2.45) is 0 Å². The van der Waals surface area contributed by atoms with E-state index >= 15 is 0 Å². The third-order valence-corrected chi connectivity index (χ3v) is 5.83. The first kappa shape index (κ1) is 26.9. The van der Waals surface area contributed by atoms with Gasteiger partial charge < -0.3 is 29.7 Å². The van der Waals surface area contributed by atoms with Gasteiger partial charge in [-0.3, -0.25) is 4.79 Å². The summed E-state index contributed by atoms with van der Waals surface area (Å²) in [7, 11) is 4.53. The van der Waals surface area contributed by atoms with Crippen molar-refractivity contribution >= 4 is 35.9 Å². The first-order valence-corrected chi connectivity index (χ1v) is 12.0. The van der Waals surface area contributed by atoms with Gasteiger partial charge in [0.1, 0.15) is 5.75 Å². The zero-order valence-corrected chi connectivity index (χ0v) is 21.8. The number of phenolic OH excluding ortho intramolecular Hbond substituents is 2. The molecule has 9 nitrogen and oxygen atoms in total. The van der Waals surface area contributed by atoms with Crippen molar-refractivity contribution in [1.29, 1.82) is 0 Å². The van der Waals surface area contributed by atoms with Crippen molar-refractivity contribution in [3.8, 4) is 28.7 Å². The number of carbonyl (C=O) groups is 1. The number of nitrogens with one attached hydrogen (secondary N) is 1. The molecule has 0 radical (unpaired) electrons. The van der Waals surface area contributed by atoms with E-state index in [0.29, 0.717) is 34.3 Å². The van der Waals surface area contributed by atoms with Crippen LogP contribution in [0.15, 0.2) is 66.7 Å². The molecule has 0 aliphatic rings. The van der Waals surface area contributed by atoms with E-state index in [4.69, 9.17) is 14.2 Å². The Morgan fingerprint density at radius 1 is 0.795 bits per heavy atom. The number of rotatable bonds is 10. The highest BCUT2D eigenvalue weighted by Crippen LogP contribution is 2.28. The van der Waals surface area contributed by atoms with Crippen LogP contribution in [0.5, 0.6) is 28.7 Å². The normalized spacial score (nSPS) is 11.2. The molecular formula is C30H29N3O6. The number of benzene rings is 3. The minimum Gasteiger partial charge on any atom is -0.504 e. The summed E-state index contributed by atoms with van der Waals surface area (Å²) in [5, 5.41) is 27.3. The minimum atomic E-state index is -0.283. The molecule has 0 atom stereocenters. The molecule has 0 bridgehead atoms. The summed E-state index contributed by atoms with van der Waals surface area (Å²) in [5.74, 6) is 1.12. The van der Waals surface area contributed by atoms with Crippen LogP contribution < -0.4 is 19.5 Å². The van der Waals surface area contributed by atoms with Crippen molar-refractivity contribution in [3.63, 3.8) is 0 Å². The van der Waals surface area contributed by atoms with Gasteiger partial charge in [-0.1, -0.05) is 36.4 Å². The third kappa shape index (κ3) is 6.58. The average molecular weight is 528 g/mol. The van der Waals surface area contributed by atoms with Crippen LogP contribution >= 0.6 is 0 Å². The van der Waals surface area contributed by atoms with E-state index in [-0.39, 0.29) is 24.0 Å². The molecule has 0 saturated heterocycles. The lowest BCUT2D eigenvalue weighted by atomic mass is 10.1. The monoisotopic (exact) mass is 527 g/mol. The molecule has 0 aliphatic heterocycles. The number of anilines is 1. The van der Waals surface area contributed by atoms with Crippen molar-refractivity contribution < 1.29 is 29.2 Å². The third-order valence-electron chi connectivity index (χ3n) is 5.83. The molecule has 0 unspecified atom stereocenters. The van der Waals surface area contributed by atoms with Crippen molar-refractivity contribution in [2.75, 3.05) is 33.2 Å². The molecule has 0 aliphatic carbocycles. The number of ether oxygens (including phenoxy) is 3. The fourth-order valence-corrected chi connectivity index (χ4v) is 3.81. The number of hydrogen-bond acceptors (Lipinski definition) is 8. The first-order valence-electron chi connectivity index (χ1n) is 12.0. The summed E-state index contributed by atoms with van der Waals surface area (Å²) in [4.78, 5) is 13.2. The number of phenols is 2. The van der Waals surface area contributed by atoms with Crippen LogP contribution in [0.2, 0.25) is 0 Å². The minimum absolute atomic E-state index is 0.0196. The maximum absolute atomic E-state index is 13.2. The number of carbonyl (C=O) groups excluding carboxylic acids is 1. The van der Waals surface area contributed by atoms with Gasteiger partial charge in [-0.25, -0.2) is 0 Å². The Morgan fingerprint density at radius 2 is 1.38 bits per heavy atom. The molecule has 0 spiro atoms. The molecule has 0 amide bonds. The van der Waals surface area contributed by atoms with Crippen LogP contribution in [-0.2, 0) is 0 Å². The number of para-hydroxylation sites is 2. The largest absolute Gasteiger partial charge is 0.504 e. The van der Waals surface area contributed by atoms with Gasteiger partial charge in [0.2, 0.25) is 0 Å². The van der Waals surface area contributed by atoms with Gasteiger partial charge in [0.05, 0.1) is 44.9 Å². The summed E-state index contributed by atoms with van der Waals surface area (Å²) in [5.41, 5.74) is 3.35. The molecule has 4 aromatic rings. The molecule has 4 rings (SSSR count). The Hall–Kier alpha value is -5.18. The number of aromatic nitrogens is 2. The van der Waals surface area contributed by atoms with Crippen LogP contribution in [0, 0.1) is 0 Å². The Labute approximate surface area is 226 Å². The van der Waals surface area contributed by atoms with Gasteiger partial charge in [0.15, 0.2) is 23.0 Å². The van der Waals surface area contributed by atoms with E-state index in [1.165, 1.54) is 25.0 Å². The maximum atomic E-state index is 13.2. The van der Waals surface area contributed by atoms with Gasteiger partial charge in [-0.15, -0.1) is 0 Å². The highest BCUT2D eigenvalue weighted by Gasteiger charge is 2.13.